The molecule has 0 aliphatic carbocycles. The molecule has 0 aromatic carbocycles. The largest absolute Gasteiger partial charge is 0.417 e. The number of aryl methyl sites for hydroxylation is 1. The zero-order chi connectivity index (χ0) is 19.0. The number of nitriles is 1. The second-order valence-corrected chi connectivity index (χ2v) is 7.90. The van der Waals surface area contributed by atoms with Crippen molar-refractivity contribution in [1.82, 2.24) is 15.1 Å². The van der Waals surface area contributed by atoms with Crippen molar-refractivity contribution >= 4 is 11.8 Å². The van der Waals surface area contributed by atoms with Crippen LogP contribution in [-0.4, -0.2) is 15.1 Å². The predicted octanol–water partition coefficient (Wildman–Crippen LogP) is 4.81. The minimum Gasteiger partial charge on any atom is -0.338 e. The number of hydrogen-bond donors (Lipinski definition) is 0. The van der Waals surface area contributed by atoms with Crippen LogP contribution in [-0.2, 0) is 11.6 Å². The summed E-state index contributed by atoms with van der Waals surface area (Å²) >= 11 is 0.986. The van der Waals surface area contributed by atoms with Crippen molar-refractivity contribution in [1.29, 1.82) is 5.26 Å². The third kappa shape index (κ3) is 4.31. The molecule has 0 fully saturated rings. The zero-order valence-corrected chi connectivity index (χ0v) is 15.2. The van der Waals surface area contributed by atoms with Gasteiger partial charge in [0.25, 0.3) is 0 Å². The van der Waals surface area contributed by atoms with Crippen LogP contribution in [0.25, 0.3) is 0 Å². The first-order chi connectivity index (χ1) is 11.4. The molecular weight excluding hydrogens is 353 g/mol. The molecule has 0 saturated carbocycles. The summed E-state index contributed by atoms with van der Waals surface area (Å²) in [7, 11) is 0. The predicted molar refractivity (Wildman–Crippen MR) is 86.0 cm³/mol. The molecular formula is C16H17F3N4OS. The van der Waals surface area contributed by atoms with E-state index in [2.05, 4.69) is 15.1 Å². The van der Waals surface area contributed by atoms with Crippen molar-refractivity contribution in [3.63, 3.8) is 0 Å². The van der Waals surface area contributed by atoms with Gasteiger partial charge < -0.3 is 4.52 Å². The summed E-state index contributed by atoms with van der Waals surface area (Å²) in [5.74, 6) is 0.777. The highest BCUT2D eigenvalue weighted by Crippen LogP contribution is 2.40. The lowest BCUT2D eigenvalue weighted by Crippen LogP contribution is -2.13. The van der Waals surface area contributed by atoms with Crippen LogP contribution in [0.5, 0.6) is 0 Å². The Morgan fingerprint density at radius 1 is 1.24 bits per heavy atom. The van der Waals surface area contributed by atoms with Gasteiger partial charge in [0.2, 0.25) is 5.89 Å². The Balaban J connectivity index is 2.38. The number of aromatic nitrogens is 3. The van der Waals surface area contributed by atoms with E-state index in [0.29, 0.717) is 5.82 Å². The average Bonchev–Trinajstić information content (AvgIpc) is 2.95. The third-order valence-corrected chi connectivity index (χ3v) is 4.35. The zero-order valence-electron chi connectivity index (χ0n) is 14.4. The van der Waals surface area contributed by atoms with Crippen LogP contribution in [0.1, 0.15) is 61.5 Å². The smallest absolute Gasteiger partial charge is 0.338 e. The van der Waals surface area contributed by atoms with E-state index in [0.717, 1.165) is 17.8 Å². The Labute approximate surface area is 147 Å². The van der Waals surface area contributed by atoms with E-state index in [1.807, 2.05) is 20.8 Å². The van der Waals surface area contributed by atoms with Gasteiger partial charge in [-0.3, -0.25) is 0 Å². The number of thioether (sulfide) groups is 1. The molecule has 9 heteroatoms. The van der Waals surface area contributed by atoms with E-state index in [4.69, 9.17) is 4.52 Å². The van der Waals surface area contributed by atoms with Crippen molar-refractivity contribution in [3.05, 3.63) is 34.6 Å². The molecule has 2 aromatic rings. The highest BCUT2D eigenvalue weighted by atomic mass is 32.2. The molecule has 1 unspecified atom stereocenters. The van der Waals surface area contributed by atoms with Crippen molar-refractivity contribution in [3.8, 4) is 6.07 Å². The quantitative estimate of drug-likeness (QED) is 0.722. The van der Waals surface area contributed by atoms with Gasteiger partial charge in [0.05, 0.1) is 16.4 Å². The Kier molecular flexibility index (Phi) is 5.14. The molecule has 1 atom stereocenters. The first-order valence-corrected chi connectivity index (χ1v) is 8.31. The SMILES string of the molecule is Cc1cc(C(F)(F)F)c(C#N)c(SC(C)c2nc(C(C)(C)C)no2)n1. The van der Waals surface area contributed by atoms with Crippen molar-refractivity contribution in [2.75, 3.05) is 0 Å². The van der Waals surface area contributed by atoms with E-state index in [-0.39, 0.29) is 22.0 Å². The van der Waals surface area contributed by atoms with Gasteiger partial charge >= 0.3 is 6.18 Å². The van der Waals surface area contributed by atoms with Crippen LogP contribution in [0, 0.1) is 18.3 Å². The van der Waals surface area contributed by atoms with Gasteiger partial charge in [0.15, 0.2) is 5.82 Å². The first-order valence-electron chi connectivity index (χ1n) is 7.43. The lowest BCUT2D eigenvalue weighted by molar-refractivity contribution is -0.138. The molecule has 0 saturated heterocycles. The van der Waals surface area contributed by atoms with Gasteiger partial charge in [-0.15, -0.1) is 0 Å². The van der Waals surface area contributed by atoms with Gasteiger partial charge in [-0.05, 0) is 19.9 Å². The monoisotopic (exact) mass is 370 g/mol. The molecule has 2 aromatic heterocycles. The summed E-state index contributed by atoms with van der Waals surface area (Å²) in [4.78, 5) is 8.38. The van der Waals surface area contributed by atoms with Gasteiger partial charge in [-0.1, -0.05) is 37.7 Å². The first kappa shape index (κ1) is 19.2. The lowest BCUT2D eigenvalue weighted by atomic mass is 9.96. The fourth-order valence-corrected chi connectivity index (χ4v) is 2.99. The van der Waals surface area contributed by atoms with Crippen molar-refractivity contribution in [2.24, 2.45) is 0 Å². The minimum atomic E-state index is -4.62. The number of pyridine rings is 1. The molecule has 0 amide bonds. The van der Waals surface area contributed by atoms with E-state index in [1.54, 1.807) is 13.0 Å². The molecule has 25 heavy (non-hydrogen) atoms. The van der Waals surface area contributed by atoms with Gasteiger partial charge in [0, 0.05) is 11.1 Å². The maximum Gasteiger partial charge on any atom is 0.417 e. The van der Waals surface area contributed by atoms with Crippen LogP contribution >= 0.6 is 11.8 Å². The number of alkyl halides is 3. The van der Waals surface area contributed by atoms with E-state index in [1.165, 1.54) is 6.92 Å². The molecule has 0 aliphatic heterocycles. The molecule has 5 nitrogen and oxygen atoms in total. The molecule has 0 spiro atoms. The highest BCUT2D eigenvalue weighted by molar-refractivity contribution is 7.99. The van der Waals surface area contributed by atoms with Crippen LogP contribution < -0.4 is 0 Å². The Bertz CT molecular complexity index is 818. The Hall–Kier alpha value is -2.08. The number of halogens is 3. The molecule has 0 radical (unpaired) electrons. The summed E-state index contributed by atoms with van der Waals surface area (Å²) in [5, 5.41) is 12.6. The summed E-state index contributed by atoms with van der Waals surface area (Å²) in [6.45, 7) is 8.93. The summed E-state index contributed by atoms with van der Waals surface area (Å²) < 4.78 is 44.7. The summed E-state index contributed by atoms with van der Waals surface area (Å²) in [5.41, 5.74) is -1.61. The molecule has 0 aliphatic rings. The number of nitrogens with zero attached hydrogens (tertiary/aromatic N) is 4. The fourth-order valence-electron chi connectivity index (χ4n) is 1.98. The van der Waals surface area contributed by atoms with E-state index < -0.39 is 22.6 Å². The Morgan fingerprint density at radius 3 is 2.36 bits per heavy atom. The summed E-state index contributed by atoms with van der Waals surface area (Å²) in [6.07, 6.45) is -4.62. The van der Waals surface area contributed by atoms with Crippen molar-refractivity contribution in [2.45, 2.75) is 56.5 Å². The van der Waals surface area contributed by atoms with Crippen LogP contribution in [0.3, 0.4) is 0 Å². The van der Waals surface area contributed by atoms with E-state index in [9.17, 15) is 18.4 Å². The normalized spacial score (nSPS) is 13.6. The van der Waals surface area contributed by atoms with E-state index >= 15 is 0 Å². The number of rotatable bonds is 3. The molecule has 0 N–H and O–H groups in total. The average molecular weight is 370 g/mol. The van der Waals surface area contributed by atoms with Gasteiger partial charge in [-0.25, -0.2) is 4.98 Å². The molecule has 2 rings (SSSR count). The molecule has 0 bridgehead atoms. The lowest BCUT2D eigenvalue weighted by Gasteiger charge is -2.14. The fraction of sp³-hybridized carbons (Fsp3) is 0.500. The highest BCUT2D eigenvalue weighted by Gasteiger charge is 2.36. The maximum atomic E-state index is 13.2. The van der Waals surface area contributed by atoms with Gasteiger partial charge in [0.1, 0.15) is 11.1 Å². The maximum absolute atomic E-state index is 13.2. The second-order valence-electron chi connectivity index (χ2n) is 6.57. The minimum absolute atomic E-state index is 0.00201. The Morgan fingerprint density at radius 2 is 1.88 bits per heavy atom. The number of hydrogen-bond acceptors (Lipinski definition) is 6. The molecule has 2 heterocycles. The molecule has 134 valence electrons. The van der Waals surface area contributed by atoms with Crippen molar-refractivity contribution < 1.29 is 17.7 Å². The third-order valence-electron chi connectivity index (χ3n) is 3.28. The van der Waals surface area contributed by atoms with Crippen LogP contribution in [0.2, 0.25) is 0 Å². The van der Waals surface area contributed by atoms with Crippen LogP contribution in [0.4, 0.5) is 13.2 Å². The topological polar surface area (TPSA) is 75.6 Å². The second kappa shape index (κ2) is 6.67. The summed E-state index contributed by atoms with van der Waals surface area (Å²) in [6, 6.07) is 2.49. The van der Waals surface area contributed by atoms with Crippen LogP contribution in [0.15, 0.2) is 15.6 Å². The van der Waals surface area contributed by atoms with Gasteiger partial charge in [-0.2, -0.15) is 23.4 Å². The standard InChI is InChI=1S/C16H17F3N4OS/c1-8-6-11(16(17,18)19)10(7-20)13(21-8)25-9(2)12-22-14(23-24-12)15(3,4)5/h6,9H,1-5H3.